The van der Waals surface area contributed by atoms with Gasteiger partial charge < -0.3 is 20.8 Å². The minimum atomic E-state index is -0.746. The molecule has 3 aromatic rings. The van der Waals surface area contributed by atoms with E-state index in [-0.39, 0.29) is 18.4 Å². The number of benzene rings is 2. The van der Waals surface area contributed by atoms with E-state index in [0.29, 0.717) is 35.9 Å². The molecule has 1 saturated carbocycles. The lowest BCUT2D eigenvalue weighted by Gasteiger charge is -2.11. The Morgan fingerprint density at radius 3 is 2.61 bits per heavy atom. The zero-order valence-electron chi connectivity index (χ0n) is 18.8. The van der Waals surface area contributed by atoms with Crippen LogP contribution in [0, 0.1) is 0 Å². The molecule has 1 atom stereocenters. The molecular weight excluding hydrogens is 436 g/mol. The minimum Gasteiger partial charge on any atom is -0.394 e. The number of rotatable bonds is 10. The summed E-state index contributed by atoms with van der Waals surface area (Å²) in [6.07, 6.45) is 3.18. The fraction of sp³-hybridized carbons (Fsp3) is 0.385. The van der Waals surface area contributed by atoms with Crippen molar-refractivity contribution in [2.45, 2.75) is 51.2 Å². The third-order valence-electron chi connectivity index (χ3n) is 5.95. The summed E-state index contributed by atoms with van der Waals surface area (Å²) in [6.45, 7) is 2.25. The molecule has 174 valence electrons. The number of hydrogen-bond donors (Lipinski definition) is 4. The lowest BCUT2D eigenvalue weighted by atomic mass is 9.97. The molecule has 0 aliphatic heterocycles. The zero-order valence-corrected chi connectivity index (χ0v) is 19.6. The minimum absolute atomic E-state index is 0.0338. The Kier molecular flexibility index (Phi) is 7.42. The highest BCUT2D eigenvalue weighted by Gasteiger charge is 2.25. The molecule has 7 heteroatoms. The van der Waals surface area contributed by atoms with Gasteiger partial charge in [0.2, 0.25) is 0 Å². The molecule has 1 heterocycles. The smallest absolute Gasteiger partial charge is 0.261 e. The van der Waals surface area contributed by atoms with Crippen molar-refractivity contribution >= 4 is 33.9 Å². The molecule has 4 N–H and O–H groups in total. The Balaban J connectivity index is 1.59. The van der Waals surface area contributed by atoms with Crippen molar-refractivity contribution in [3.05, 3.63) is 58.5 Å². The third kappa shape index (κ3) is 5.43. The Bertz CT molecular complexity index is 1150. The highest BCUT2D eigenvalue weighted by atomic mass is 32.1. The van der Waals surface area contributed by atoms with Gasteiger partial charge >= 0.3 is 0 Å². The molecule has 0 saturated heterocycles. The number of fused-ring (bicyclic) bond motifs is 1. The van der Waals surface area contributed by atoms with Gasteiger partial charge in [-0.1, -0.05) is 37.3 Å². The summed E-state index contributed by atoms with van der Waals surface area (Å²) in [5.41, 5.74) is 2.81. The van der Waals surface area contributed by atoms with Gasteiger partial charge in [-0.3, -0.25) is 9.59 Å². The number of aliphatic hydroxyl groups excluding tert-OH is 2. The van der Waals surface area contributed by atoms with E-state index in [1.807, 2.05) is 42.5 Å². The van der Waals surface area contributed by atoms with E-state index < -0.39 is 6.10 Å². The summed E-state index contributed by atoms with van der Waals surface area (Å²) >= 11 is 1.46. The van der Waals surface area contributed by atoms with Crippen LogP contribution in [0.5, 0.6) is 0 Å². The number of carbonyl (C=O) groups excluding carboxylic acids is 2. The maximum Gasteiger partial charge on any atom is 0.261 e. The first kappa shape index (κ1) is 23.4. The second-order valence-corrected chi connectivity index (χ2v) is 9.56. The first-order chi connectivity index (χ1) is 16.0. The number of thiophene rings is 1. The van der Waals surface area contributed by atoms with Crippen LogP contribution in [0.25, 0.3) is 21.2 Å². The predicted octanol–water partition coefficient (Wildman–Crippen LogP) is 3.89. The molecule has 0 spiro atoms. The van der Waals surface area contributed by atoms with Crippen LogP contribution in [-0.2, 0) is 6.42 Å². The number of hydrogen-bond acceptors (Lipinski definition) is 5. The number of aryl methyl sites for hydroxylation is 1. The van der Waals surface area contributed by atoms with Gasteiger partial charge in [0.05, 0.1) is 17.6 Å². The molecule has 6 nitrogen and oxygen atoms in total. The molecule has 4 rings (SSSR count). The molecule has 0 radical (unpaired) electrons. The molecule has 2 amide bonds. The summed E-state index contributed by atoms with van der Waals surface area (Å²) < 4.78 is 0. The van der Waals surface area contributed by atoms with Crippen LogP contribution >= 0.6 is 11.3 Å². The highest BCUT2D eigenvalue weighted by molar-refractivity contribution is 7.17. The van der Waals surface area contributed by atoms with Crippen molar-refractivity contribution in [1.82, 2.24) is 10.6 Å². The highest BCUT2D eigenvalue weighted by Crippen LogP contribution is 2.38. The average molecular weight is 467 g/mol. The van der Waals surface area contributed by atoms with Crippen molar-refractivity contribution < 1.29 is 19.8 Å². The van der Waals surface area contributed by atoms with E-state index in [9.17, 15) is 14.7 Å². The number of aliphatic hydroxyl groups is 2. The van der Waals surface area contributed by atoms with Crippen LogP contribution in [0.2, 0.25) is 0 Å². The molecule has 0 bridgehead atoms. The lowest BCUT2D eigenvalue weighted by Crippen LogP contribution is -2.25. The van der Waals surface area contributed by atoms with E-state index in [2.05, 4.69) is 17.6 Å². The molecular formula is C26H30N2O4S. The summed E-state index contributed by atoms with van der Waals surface area (Å²) in [7, 11) is 0. The van der Waals surface area contributed by atoms with Crippen molar-refractivity contribution in [2.75, 3.05) is 13.2 Å². The van der Waals surface area contributed by atoms with Gasteiger partial charge in [0, 0.05) is 23.0 Å². The molecule has 33 heavy (non-hydrogen) atoms. The Labute approximate surface area is 197 Å². The monoisotopic (exact) mass is 466 g/mol. The van der Waals surface area contributed by atoms with Crippen molar-refractivity contribution in [3.63, 3.8) is 0 Å². The largest absolute Gasteiger partial charge is 0.394 e. The van der Waals surface area contributed by atoms with Crippen LogP contribution in [0.3, 0.4) is 0 Å². The van der Waals surface area contributed by atoms with E-state index in [1.54, 1.807) is 0 Å². The topological polar surface area (TPSA) is 98.7 Å². The Morgan fingerprint density at radius 1 is 1.12 bits per heavy atom. The van der Waals surface area contributed by atoms with E-state index >= 15 is 0 Å². The molecule has 2 aromatic carbocycles. The molecule has 1 aliphatic carbocycles. The fourth-order valence-corrected chi connectivity index (χ4v) is 5.15. The van der Waals surface area contributed by atoms with Crippen molar-refractivity contribution in [1.29, 1.82) is 0 Å². The maximum absolute atomic E-state index is 12.8. The van der Waals surface area contributed by atoms with E-state index in [4.69, 9.17) is 5.11 Å². The molecule has 1 aliphatic rings. The van der Waals surface area contributed by atoms with Gasteiger partial charge in [-0.05, 0) is 66.1 Å². The second-order valence-electron chi connectivity index (χ2n) is 8.51. The van der Waals surface area contributed by atoms with Crippen molar-refractivity contribution in [2.24, 2.45) is 0 Å². The van der Waals surface area contributed by atoms with Gasteiger partial charge in [-0.2, -0.15) is 0 Å². The second kappa shape index (κ2) is 10.5. The Morgan fingerprint density at radius 2 is 1.88 bits per heavy atom. The van der Waals surface area contributed by atoms with Gasteiger partial charge in [-0.15, -0.1) is 11.3 Å². The maximum atomic E-state index is 12.8. The van der Waals surface area contributed by atoms with Crippen LogP contribution in [0.1, 0.15) is 58.2 Å². The number of carbonyl (C=O) groups is 2. The summed E-state index contributed by atoms with van der Waals surface area (Å²) in [5, 5.41) is 26.2. The fourth-order valence-electron chi connectivity index (χ4n) is 3.95. The summed E-state index contributed by atoms with van der Waals surface area (Å²) in [4.78, 5) is 27.2. The normalized spacial score (nSPS) is 14.3. The van der Waals surface area contributed by atoms with Crippen LogP contribution in [-0.4, -0.2) is 47.3 Å². The standard InChI is InChI=1S/C26H30N2O4S/c1-2-16-14-23(26(32)27-13-5-6-18(30)15-29)33-24(16)21-9-3-8-20-19(21)7-4-10-22(20)25(31)28-17-11-12-17/h3-4,7-10,14,17-18,29-30H,2,5-6,11-13,15H2,1H3,(H,27,32)(H,28,31). The molecule has 1 fully saturated rings. The van der Waals surface area contributed by atoms with Crippen LogP contribution < -0.4 is 10.6 Å². The van der Waals surface area contributed by atoms with Gasteiger partial charge in [-0.25, -0.2) is 0 Å². The Hall–Kier alpha value is -2.74. The van der Waals surface area contributed by atoms with Crippen molar-refractivity contribution in [3.8, 4) is 10.4 Å². The van der Waals surface area contributed by atoms with Gasteiger partial charge in [0.25, 0.3) is 11.8 Å². The first-order valence-corrected chi connectivity index (χ1v) is 12.4. The van der Waals surface area contributed by atoms with Gasteiger partial charge in [0.1, 0.15) is 0 Å². The van der Waals surface area contributed by atoms with Crippen LogP contribution in [0.4, 0.5) is 0 Å². The average Bonchev–Trinajstić information content (AvgIpc) is 3.54. The first-order valence-electron chi connectivity index (χ1n) is 11.5. The quantitative estimate of drug-likeness (QED) is 0.341. The summed E-state index contributed by atoms with van der Waals surface area (Å²) in [6, 6.07) is 14.1. The predicted molar refractivity (Wildman–Crippen MR) is 132 cm³/mol. The SMILES string of the molecule is CCc1cc(C(=O)NCCCC(O)CO)sc1-c1cccc2c(C(=O)NC3CC3)cccc12. The zero-order chi connectivity index (χ0) is 23.4. The number of nitrogens with one attached hydrogen (secondary N) is 2. The van der Waals surface area contributed by atoms with E-state index in [0.717, 1.165) is 46.0 Å². The molecule has 1 aromatic heterocycles. The van der Waals surface area contributed by atoms with Crippen LogP contribution in [0.15, 0.2) is 42.5 Å². The summed E-state index contributed by atoms with van der Waals surface area (Å²) in [5.74, 6) is -0.169. The van der Waals surface area contributed by atoms with Gasteiger partial charge in [0.15, 0.2) is 0 Å². The lowest BCUT2D eigenvalue weighted by molar-refractivity contribution is 0.0849. The third-order valence-corrected chi connectivity index (χ3v) is 7.16. The molecule has 1 unspecified atom stereocenters. The number of amides is 2. The van der Waals surface area contributed by atoms with E-state index in [1.165, 1.54) is 11.3 Å².